The fourth-order valence-electron chi connectivity index (χ4n) is 2.27. The van der Waals surface area contributed by atoms with E-state index in [2.05, 4.69) is 10.3 Å². The number of methoxy groups -OCH3 is 2. The van der Waals surface area contributed by atoms with E-state index < -0.39 is 5.92 Å². The summed E-state index contributed by atoms with van der Waals surface area (Å²) in [7, 11) is 3.09. The summed E-state index contributed by atoms with van der Waals surface area (Å²) in [6, 6.07) is 12.7. The molecule has 0 aliphatic carbocycles. The maximum atomic E-state index is 12.3. The molecule has 124 valence electrons. The van der Waals surface area contributed by atoms with E-state index in [1.807, 2.05) is 25.1 Å². The Balaban J connectivity index is 2.11. The van der Waals surface area contributed by atoms with Crippen LogP contribution < -0.4 is 14.8 Å². The van der Waals surface area contributed by atoms with Gasteiger partial charge in [-0.2, -0.15) is 5.26 Å². The van der Waals surface area contributed by atoms with Crippen molar-refractivity contribution in [2.45, 2.75) is 13.3 Å². The summed E-state index contributed by atoms with van der Waals surface area (Å²) >= 11 is 0. The van der Waals surface area contributed by atoms with E-state index in [0.29, 0.717) is 17.3 Å². The fraction of sp³-hybridized carbons (Fsp3) is 0.278. The summed E-state index contributed by atoms with van der Waals surface area (Å²) in [6.07, 6.45) is 0.272. The third-order valence-corrected chi connectivity index (χ3v) is 3.50. The zero-order chi connectivity index (χ0) is 17.5. The molecule has 6 heteroatoms. The Kier molecular flexibility index (Phi) is 5.74. The number of nitrogens with one attached hydrogen (secondary N) is 1. The summed E-state index contributed by atoms with van der Waals surface area (Å²) in [5, 5.41) is 12.0. The summed E-state index contributed by atoms with van der Waals surface area (Å²) < 4.78 is 10.4. The van der Waals surface area contributed by atoms with Gasteiger partial charge in [0.2, 0.25) is 5.91 Å². The normalized spacial score (nSPS) is 11.2. The van der Waals surface area contributed by atoms with E-state index in [4.69, 9.17) is 9.47 Å². The Hall–Kier alpha value is -3.07. The number of benzene rings is 1. The van der Waals surface area contributed by atoms with Gasteiger partial charge in [0.05, 0.1) is 20.3 Å². The largest absolute Gasteiger partial charge is 0.493 e. The lowest BCUT2D eigenvalue weighted by Crippen LogP contribution is -2.24. The Bertz CT molecular complexity index is 768. The van der Waals surface area contributed by atoms with Gasteiger partial charge in [-0.05, 0) is 43.2 Å². The number of nitriles is 1. The number of rotatable bonds is 6. The molecule has 0 fully saturated rings. The number of hydrogen-bond acceptors (Lipinski definition) is 5. The molecule has 2 aromatic rings. The molecule has 0 radical (unpaired) electrons. The van der Waals surface area contributed by atoms with Gasteiger partial charge >= 0.3 is 0 Å². The van der Waals surface area contributed by atoms with Crippen LogP contribution in [0.3, 0.4) is 0 Å². The predicted molar refractivity (Wildman–Crippen MR) is 90.0 cm³/mol. The van der Waals surface area contributed by atoms with Gasteiger partial charge < -0.3 is 14.8 Å². The maximum absolute atomic E-state index is 12.3. The van der Waals surface area contributed by atoms with Crippen LogP contribution in [0.4, 0.5) is 5.82 Å². The van der Waals surface area contributed by atoms with Crippen molar-refractivity contribution >= 4 is 11.7 Å². The molecular weight excluding hydrogens is 306 g/mol. The molecule has 0 aliphatic rings. The van der Waals surface area contributed by atoms with Crippen LogP contribution in [0.2, 0.25) is 0 Å². The molecule has 1 heterocycles. The summed E-state index contributed by atoms with van der Waals surface area (Å²) in [5.74, 6) is 0.388. The lowest BCUT2D eigenvalue weighted by atomic mass is 9.99. The molecule has 24 heavy (non-hydrogen) atoms. The SMILES string of the molecule is COc1ccc(C[C@H](C#N)C(=O)Nc2cccc(C)n2)cc1OC. The quantitative estimate of drug-likeness (QED) is 0.883. The number of aromatic nitrogens is 1. The third-order valence-electron chi connectivity index (χ3n) is 3.50. The topological polar surface area (TPSA) is 84.2 Å². The first kappa shape index (κ1) is 17.3. The number of anilines is 1. The van der Waals surface area contributed by atoms with Crippen LogP contribution >= 0.6 is 0 Å². The van der Waals surface area contributed by atoms with Crippen molar-refractivity contribution in [2.24, 2.45) is 5.92 Å². The number of carbonyl (C=O) groups is 1. The molecule has 0 spiro atoms. The molecule has 1 atom stereocenters. The first-order valence-electron chi connectivity index (χ1n) is 7.42. The number of amides is 1. The minimum atomic E-state index is -0.828. The van der Waals surface area contributed by atoms with Crippen LogP contribution in [0.15, 0.2) is 36.4 Å². The summed E-state index contributed by atoms with van der Waals surface area (Å²) in [4.78, 5) is 16.5. The number of pyridine rings is 1. The van der Waals surface area contributed by atoms with Crippen LogP contribution in [0.25, 0.3) is 0 Å². The van der Waals surface area contributed by atoms with Crippen molar-refractivity contribution in [2.75, 3.05) is 19.5 Å². The number of hydrogen-bond donors (Lipinski definition) is 1. The zero-order valence-electron chi connectivity index (χ0n) is 13.9. The van der Waals surface area contributed by atoms with Gasteiger partial charge in [0.1, 0.15) is 11.7 Å². The summed E-state index contributed by atoms with van der Waals surface area (Å²) in [6.45, 7) is 1.83. The highest BCUT2D eigenvalue weighted by atomic mass is 16.5. The first-order valence-corrected chi connectivity index (χ1v) is 7.42. The van der Waals surface area contributed by atoms with Crippen LogP contribution in [0.5, 0.6) is 11.5 Å². The molecule has 0 saturated carbocycles. The zero-order valence-corrected chi connectivity index (χ0v) is 13.9. The predicted octanol–water partition coefficient (Wildman–Crippen LogP) is 2.73. The molecule has 0 aliphatic heterocycles. The van der Waals surface area contributed by atoms with Crippen molar-refractivity contribution in [1.82, 2.24) is 4.98 Å². The molecule has 0 bridgehead atoms. The Morgan fingerprint density at radius 1 is 1.25 bits per heavy atom. The molecule has 2 rings (SSSR count). The molecule has 0 saturated heterocycles. The monoisotopic (exact) mass is 325 g/mol. The second-order valence-corrected chi connectivity index (χ2v) is 5.23. The van der Waals surface area contributed by atoms with Gasteiger partial charge in [-0.15, -0.1) is 0 Å². The van der Waals surface area contributed by atoms with Gasteiger partial charge in [0, 0.05) is 5.69 Å². The number of aryl methyl sites for hydroxylation is 1. The molecule has 6 nitrogen and oxygen atoms in total. The first-order chi connectivity index (χ1) is 11.6. The molecule has 0 unspecified atom stereocenters. The second kappa shape index (κ2) is 7.97. The lowest BCUT2D eigenvalue weighted by molar-refractivity contribution is -0.118. The van der Waals surface area contributed by atoms with Gasteiger partial charge in [-0.25, -0.2) is 4.98 Å². The second-order valence-electron chi connectivity index (χ2n) is 5.23. The van der Waals surface area contributed by atoms with Crippen molar-refractivity contribution in [3.8, 4) is 17.6 Å². The average Bonchev–Trinajstić information content (AvgIpc) is 2.59. The van der Waals surface area contributed by atoms with E-state index >= 15 is 0 Å². The van der Waals surface area contributed by atoms with E-state index in [9.17, 15) is 10.1 Å². The highest BCUT2D eigenvalue weighted by molar-refractivity contribution is 5.93. The number of carbonyl (C=O) groups excluding carboxylic acids is 1. The van der Waals surface area contributed by atoms with Gasteiger partial charge in [-0.1, -0.05) is 12.1 Å². The van der Waals surface area contributed by atoms with Gasteiger partial charge in [0.15, 0.2) is 11.5 Å². The van der Waals surface area contributed by atoms with Crippen molar-refractivity contribution in [3.63, 3.8) is 0 Å². The maximum Gasteiger partial charge on any atom is 0.243 e. The van der Waals surface area contributed by atoms with Gasteiger partial charge in [-0.3, -0.25) is 4.79 Å². The summed E-state index contributed by atoms with van der Waals surface area (Å²) in [5.41, 5.74) is 1.60. The van der Waals surface area contributed by atoms with Gasteiger partial charge in [0.25, 0.3) is 0 Å². The van der Waals surface area contributed by atoms with Crippen LogP contribution in [0.1, 0.15) is 11.3 Å². The van der Waals surface area contributed by atoms with E-state index in [0.717, 1.165) is 11.3 Å². The minimum absolute atomic E-state index is 0.272. The van der Waals surface area contributed by atoms with E-state index in [1.165, 1.54) is 0 Å². The highest BCUT2D eigenvalue weighted by Gasteiger charge is 2.20. The van der Waals surface area contributed by atoms with Crippen LogP contribution in [-0.2, 0) is 11.2 Å². The van der Waals surface area contributed by atoms with E-state index in [-0.39, 0.29) is 12.3 Å². The third kappa shape index (κ3) is 4.23. The van der Waals surface area contributed by atoms with Crippen molar-refractivity contribution in [1.29, 1.82) is 5.26 Å². The minimum Gasteiger partial charge on any atom is -0.493 e. The Morgan fingerprint density at radius 3 is 2.62 bits per heavy atom. The Labute approximate surface area is 141 Å². The molecule has 1 aromatic carbocycles. The average molecular weight is 325 g/mol. The smallest absolute Gasteiger partial charge is 0.243 e. The molecule has 1 N–H and O–H groups in total. The Morgan fingerprint density at radius 2 is 2.00 bits per heavy atom. The standard InChI is InChI=1S/C18H19N3O3/c1-12-5-4-6-17(20-12)21-18(22)14(11-19)9-13-7-8-15(23-2)16(10-13)24-3/h4-8,10,14H,9H2,1-3H3,(H,20,21,22)/t14-/m1/s1. The van der Waals surface area contributed by atoms with Crippen molar-refractivity contribution in [3.05, 3.63) is 47.7 Å². The van der Waals surface area contributed by atoms with E-state index in [1.54, 1.807) is 38.5 Å². The fourth-order valence-corrected chi connectivity index (χ4v) is 2.27. The molecule has 1 amide bonds. The lowest BCUT2D eigenvalue weighted by Gasteiger charge is -2.12. The van der Waals surface area contributed by atoms with Crippen molar-refractivity contribution < 1.29 is 14.3 Å². The van der Waals surface area contributed by atoms with Crippen LogP contribution in [0, 0.1) is 24.2 Å². The molecular formula is C18H19N3O3. The highest BCUT2D eigenvalue weighted by Crippen LogP contribution is 2.28. The number of nitrogens with zero attached hydrogens (tertiary/aromatic N) is 2. The molecule has 1 aromatic heterocycles. The number of ether oxygens (including phenoxy) is 2. The van der Waals surface area contributed by atoms with Crippen LogP contribution in [-0.4, -0.2) is 25.1 Å².